The van der Waals surface area contributed by atoms with Crippen molar-refractivity contribution in [1.29, 1.82) is 0 Å². The van der Waals surface area contributed by atoms with E-state index in [2.05, 4.69) is 6.58 Å². The van der Waals surface area contributed by atoms with Gasteiger partial charge in [-0.3, -0.25) is 0 Å². The molecule has 90 valence electrons. The van der Waals surface area contributed by atoms with E-state index in [0.717, 1.165) is 5.57 Å². The highest BCUT2D eigenvalue weighted by Crippen LogP contribution is 2.12. The highest BCUT2D eigenvalue weighted by Gasteiger charge is 2.44. The molecule has 0 aliphatic carbocycles. The minimum atomic E-state index is -3.01. The maximum atomic E-state index is 5.44. The molecule has 0 rings (SSSR count). The first-order valence-electron chi connectivity index (χ1n) is 4.59. The lowest BCUT2D eigenvalue weighted by atomic mass is 10.4. The molecule has 0 bridgehead atoms. The summed E-state index contributed by atoms with van der Waals surface area (Å²) in [6.45, 7) is 7.78. The maximum absolute atomic E-state index is 5.44. The van der Waals surface area contributed by atoms with Crippen LogP contribution in [0.4, 0.5) is 0 Å². The first-order valence-corrected chi connectivity index (χ1v) is 6.22. The number of hydrogen-bond donors (Lipinski definition) is 0. The lowest BCUT2D eigenvalue weighted by Gasteiger charge is -2.26. The summed E-state index contributed by atoms with van der Waals surface area (Å²) >= 11 is 0. The largest absolute Gasteiger partial charge is 0.680 e. The second kappa shape index (κ2) is 7.10. The van der Waals surface area contributed by atoms with Gasteiger partial charge >= 0.3 is 9.05 Å². The van der Waals surface area contributed by atoms with Crippen LogP contribution in [0.15, 0.2) is 12.2 Å². The van der Waals surface area contributed by atoms with E-state index in [1.165, 1.54) is 21.3 Å². The van der Waals surface area contributed by atoms with Gasteiger partial charge < -0.3 is 22.4 Å². The third-order valence-electron chi connectivity index (χ3n) is 1.62. The Kier molecular flexibility index (Phi) is 6.99. The Hall–Kier alpha value is -0.243. The lowest BCUT2D eigenvalue weighted by Crippen LogP contribution is -2.49. The predicted molar refractivity (Wildman–Crippen MR) is 58.1 cm³/mol. The Morgan fingerprint density at radius 2 is 1.67 bits per heavy atom. The van der Waals surface area contributed by atoms with Crippen LogP contribution in [0.5, 0.6) is 0 Å². The molecule has 0 spiro atoms. The second-order valence-corrected chi connectivity index (χ2v) is 5.53. The zero-order valence-corrected chi connectivity index (χ0v) is 11.0. The first kappa shape index (κ1) is 14.8. The zero-order chi connectivity index (χ0) is 11.9. The Bertz CT molecular complexity index is 185. The summed E-state index contributed by atoms with van der Waals surface area (Å²) < 4.78 is 26.0. The molecule has 0 aliphatic heterocycles. The van der Waals surface area contributed by atoms with Gasteiger partial charge in [0, 0.05) is 21.3 Å². The molecular weight excluding hydrogens is 216 g/mol. The minimum Gasteiger partial charge on any atom is -0.355 e. The van der Waals surface area contributed by atoms with Crippen molar-refractivity contribution >= 4 is 9.05 Å². The molecule has 0 saturated carbocycles. The highest BCUT2D eigenvalue weighted by atomic mass is 28.4. The standard InChI is InChI=1S/C9H20O5Si/c1-8(2)7-13-9(3)14-15(10-4,11-5)12-6/h9H,1,7H2,2-6H3. The van der Waals surface area contributed by atoms with Crippen molar-refractivity contribution in [3.05, 3.63) is 12.2 Å². The highest BCUT2D eigenvalue weighted by molar-refractivity contribution is 6.53. The molecule has 0 N–H and O–H groups in total. The van der Waals surface area contributed by atoms with E-state index in [9.17, 15) is 0 Å². The molecule has 0 fully saturated rings. The van der Waals surface area contributed by atoms with Crippen LogP contribution >= 0.6 is 0 Å². The van der Waals surface area contributed by atoms with Gasteiger partial charge in [-0.15, -0.1) is 0 Å². The van der Waals surface area contributed by atoms with Crippen LogP contribution in [0.25, 0.3) is 0 Å². The molecule has 0 aromatic carbocycles. The summed E-state index contributed by atoms with van der Waals surface area (Å²) in [6, 6.07) is 0. The molecule has 0 heterocycles. The third kappa shape index (κ3) is 5.40. The van der Waals surface area contributed by atoms with E-state index in [-0.39, 0.29) is 0 Å². The fourth-order valence-electron chi connectivity index (χ4n) is 0.891. The molecule has 1 atom stereocenters. The van der Waals surface area contributed by atoms with Crippen molar-refractivity contribution in [2.75, 3.05) is 27.9 Å². The molecule has 0 aromatic rings. The summed E-state index contributed by atoms with van der Waals surface area (Å²) in [7, 11) is 1.42. The third-order valence-corrected chi connectivity index (χ3v) is 3.75. The van der Waals surface area contributed by atoms with Crippen LogP contribution in [0.3, 0.4) is 0 Å². The fraction of sp³-hybridized carbons (Fsp3) is 0.778. The fourth-order valence-corrected chi connectivity index (χ4v) is 2.15. The van der Waals surface area contributed by atoms with Crippen LogP contribution in [0.2, 0.25) is 0 Å². The molecule has 0 saturated heterocycles. The van der Waals surface area contributed by atoms with Crippen molar-refractivity contribution in [3.8, 4) is 0 Å². The summed E-state index contributed by atoms with van der Waals surface area (Å²) in [5.41, 5.74) is 0.921. The van der Waals surface area contributed by atoms with Gasteiger partial charge in [-0.1, -0.05) is 12.2 Å². The normalized spacial score (nSPS) is 13.9. The maximum Gasteiger partial charge on any atom is 0.680 e. The van der Waals surface area contributed by atoms with E-state index in [1.807, 2.05) is 6.92 Å². The Balaban J connectivity index is 4.10. The van der Waals surface area contributed by atoms with Crippen molar-refractivity contribution < 1.29 is 22.4 Å². The van der Waals surface area contributed by atoms with Crippen molar-refractivity contribution in [2.24, 2.45) is 0 Å². The van der Waals surface area contributed by atoms with Crippen LogP contribution in [0.1, 0.15) is 13.8 Å². The van der Waals surface area contributed by atoms with E-state index >= 15 is 0 Å². The van der Waals surface area contributed by atoms with Gasteiger partial charge in [0.25, 0.3) is 0 Å². The van der Waals surface area contributed by atoms with Crippen LogP contribution in [-0.2, 0) is 22.4 Å². The van der Waals surface area contributed by atoms with Gasteiger partial charge in [-0.05, 0) is 13.8 Å². The molecule has 0 radical (unpaired) electrons. The Morgan fingerprint density at radius 3 is 2.00 bits per heavy atom. The van der Waals surface area contributed by atoms with Gasteiger partial charge in [0.2, 0.25) is 0 Å². The first-order chi connectivity index (χ1) is 6.99. The summed E-state index contributed by atoms with van der Waals surface area (Å²) in [5.74, 6) is 0. The molecule has 0 aromatic heterocycles. The summed E-state index contributed by atoms with van der Waals surface area (Å²) in [4.78, 5) is 0. The minimum absolute atomic E-state index is 0.433. The molecular formula is C9H20O5Si. The molecule has 6 heteroatoms. The second-order valence-electron chi connectivity index (χ2n) is 3.07. The molecule has 5 nitrogen and oxygen atoms in total. The van der Waals surface area contributed by atoms with E-state index in [1.54, 1.807) is 6.92 Å². The monoisotopic (exact) mass is 236 g/mol. The van der Waals surface area contributed by atoms with Gasteiger partial charge in [-0.2, -0.15) is 0 Å². The van der Waals surface area contributed by atoms with E-state index in [4.69, 9.17) is 22.4 Å². The van der Waals surface area contributed by atoms with Crippen molar-refractivity contribution in [1.82, 2.24) is 0 Å². The van der Waals surface area contributed by atoms with Crippen molar-refractivity contribution in [3.63, 3.8) is 0 Å². The molecule has 15 heavy (non-hydrogen) atoms. The molecule has 0 aliphatic rings. The van der Waals surface area contributed by atoms with E-state index < -0.39 is 15.3 Å². The average molecular weight is 236 g/mol. The lowest BCUT2D eigenvalue weighted by molar-refractivity contribution is -0.124. The Morgan fingerprint density at radius 1 is 1.20 bits per heavy atom. The quantitative estimate of drug-likeness (QED) is 0.361. The summed E-state index contributed by atoms with van der Waals surface area (Å²) in [5, 5.41) is 0. The van der Waals surface area contributed by atoms with E-state index in [0.29, 0.717) is 6.61 Å². The van der Waals surface area contributed by atoms with Crippen LogP contribution < -0.4 is 0 Å². The van der Waals surface area contributed by atoms with Gasteiger partial charge in [-0.25, -0.2) is 0 Å². The average Bonchev–Trinajstić information content (AvgIpc) is 2.23. The van der Waals surface area contributed by atoms with Crippen molar-refractivity contribution in [2.45, 2.75) is 20.1 Å². The number of ether oxygens (including phenoxy) is 1. The molecule has 1 unspecified atom stereocenters. The predicted octanol–water partition coefficient (Wildman–Crippen LogP) is 1.32. The van der Waals surface area contributed by atoms with Gasteiger partial charge in [0.05, 0.1) is 6.61 Å². The SMILES string of the molecule is C=C(C)COC(C)O[Si](OC)(OC)OC. The van der Waals surface area contributed by atoms with Gasteiger partial charge in [0.15, 0.2) is 6.29 Å². The summed E-state index contributed by atoms with van der Waals surface area (Å²) in [6.07, 6.45) is -0.465. The Labute approximate surface area is 92.4 Å². The number of rotatable bonds is 8. The van der Waals surface area contributed by atoms with Crippen LogP contribution in [-0.4, -0.2) is 43.3 Å². The smallest absolute Gasteiger partial charge is 0.355 e. The topological polar surface area (TPSA) is 46.2 Å². The molecule has 0 amide bonds. The van der Waals surface area contributed by atoms with Crippen LogP contribution in [0, 0.1) is 0 Å². The zero-order valence-electron chi connectivity index (χ0n) is 10.0. The number of hydrogen-bond acceptors (Lipinski definition) is 5. The van der Waals surface area contributed by atoms with Gasteiger partial charge in [0.1, 0.15) is 0 Å².